The van der Waals surface area contributed by atoms with Gasteiger partial charge in [-0.15, -0.1) is 0 Å². The Labute approximate surface area is 222 Å². The van der Waals surface area contributed by atoms with Gasteiger partial charge in [-0.05, 0) is 30.0 Å². The Balaban J connectivity index is 1.64. The van der Waals surface area contributed by atoms with Crippen LogP contribution in [0.15, 0.2) is 70.7 Å². The van der Waals surface area contributed by atoms with Crippen LogP contribution in [0.2, 0.25) is 0 Å². The average Bonchev–Trinajstić information content (AvgIpc) is 3.38. The molecule has 0 aliphatic carbocycles. The second-order valence-electron chi connectivity index (χ2n) is 10.8. The van der Waals surface area contributed by atoms with E-state index in [1.54, 1.807) is 22.8 Å². The molecular weight excluding hydrogens is 509 g/mol. The molecule has 2 aromatic heterocycles. The van der Waals surface area contributed by atoms with Crippen LogP contribution in [0.4, 0.5) is 13.2 Å². The lowest BCUT2D eigenvalue weighted by atomic mass is 9.88. The van der Waals surface area contributed by atoms with E-state index in [0.29, 0.717) is 16.6 Å². The molecule has 3 heterocycles. The number of nitrogens with one attached hydrogen (secondary N) is 2. The molecule has 1 amide bonds. The topological polar surface area (TPSA) is 105 Å². The van der Waals surface area contributed by atoms with Gasteiger partial charge in [0.2, 0.25) is 5.82 Å². The highest BCUT2D eigenvalue weighted by Gasteiger charge is 2.43. The van der Waals surface area contributed by atoms with Crippen LogP contribution in [-0.4, -0.2) is 31.1 Å². The summed E-state index contributed by atoms with van der Waals surface area (Å²) in [6.45, 7) is 8.05. The first-order chi connectivity index (χ1) is 18.3. The summed E-state index contributed by atoms with van der Waals surface area (Å²) in [5, 5.41) is 2.87. The van der Waals surface area contributed by atoms with E-state index >= 15 is 0 Å². The van der Waals surface area contributed by atoms with Gasteiger partial charge in [-0.3, -0.25) is 9.36 Å². The Morgan fingerprint density at radius 2 is 1.67 bits per heavy atom. The van der Waals surface area contributed by atoms with E-state index in [1.165, 1.54) is 0 Å². The highest BCUT2D eigenvalue weighted by Crippen LogP contribution is 2.35. The van der Waals surface area contributed by atoms with Gasteiger partial charge >= 0.3 is 11.9 Å². The number of rotatable bonds is 5. The molecule has 4 aromatic rings. The molecule has 11 heteroatoms. The third-order valence-electron chi connectivity index (χ3n) is 7.16. The van der Waals surface area contributed by atoms with Crippen molar-refractivity contribution in [3.05, 3.63) is 93.9 Å². The van der Waals surface area contributed by atoms with E-state index in [2.05, 4.69) is 20.3 Å². The zero-order valence-electron chi connectivity index (χ0n) is 21.8. The molecule has 2 aromatic carbocycles. The molecule has 0 radical (unpaired) electrons. The maximum atomic E-state index is 13.4. The number of hydrogen-bond donors (Lipinski definition) is 2. The van der Waals surface area contributed by atoms with Crippen molar-refractivity contribution in [1.29, 1.82) is 0 Å². The van der Waals surface area contributed by atoms with Gasteiger partial charge in [-0.2, -0.15) is 13.2 Å². The Morgan fingerprint density at radius 3 is 2.28 bits per heavy atom. The number of benzene rings is 2. The fourth-order valence-electron chi connectivity index (χ4n) is 4.65. The van der Waals surface area contributed by atoms with E-state index < -0.39 is 23.6 Å². The van der Waals surface area contributed by atoms with Gasteiger partial charge in [0, 0.05) is 36.0 Å². The predicted molar refractivity (Wildman–Crippen MR) is 140 cm³/mol. The van der Waals surface area contributed by atoms with Gasteiger partial charge in [0.05, 0.1) is 11.0 Å². The highest BCUT2D eigenvalue weighted by molar-refractivity contribution is 6.47. The minimum atomic E-state index is -4.70. The van der Waals surface area contributed by atoms with Gasteiger partial charge < -0.3 is 10.3 Å². The molecule has 2 atom stereocenters. The molecule has 39 heavy (non-hydrogen) atoms. The maximum Gasteiger partial charge on any atom is 0.451 e. The largest absolute Gasteiger partial charge is 0.451 e. The summed E-state index contributed by atoms with van der Waals surface area (Å²) in [4.78, 5) is 40.8. The van der Waals surface area contributed by atoms with Gasteiger partial charge in [0.15, 0.2) is 5.66 Å². The summed E-state index contributed by atoms with van der Waals surface area (Å²) in [7, 11) is 0. The number of carbonyl (C=O) groups excluding carboxylic acids is 1. The Bertz CT molecular complexity index is 1630. The number of H-pyrrole nitrogens is 1. The minimum absolute atomic E-state index is 0.0938. The van der Waals surface area contributed by atoms with Gasteiger partial charge in [0.25, 0.3) is 5.91 Å². The lowest BCUT2D eigenvalue weighted by Crippen LogP contribution is -2.42. The molecule has 2 N–H and O–H groups in total. The molecule has 0 unspecified atom stereocenters. The van der Waals surface area contributed by atoms with Crippen molar-refractivity contribution in [3.8, 4) is 0 Å². The van der Waals surface area contributed by atoms with Crippen LogP contribution in [0.5, 0.6) is 0 Å². The molecule has 0 spiro atoms. The van der Waals surface area contributed by atoms with E-state index in [0.717, 1.165) is 18.0 Å². The molecule has 0 saturated carbocycles. The van der Waals surface area contributed by atoms with Crippen molar-refractivity contribution in [2.45, 2.75) is 52.0 Å². The summed E-state index contributed by atoms with van der Waals surface area (Å²) in [5.74, 6) is -1.78. The summed E-state index contributed by atoms with van der Waals surface area (Å²) < 4.78 is 41.0. The maximum absolute atomic E-state index is 13.4. The first-order valence-electron chi connectivity index (χ1n) is 12.4. The number of aromatic nitrogens is 4. The quantitative estimate of drug-likeness (QED) is 0.384. The molecular formula is C28H27F3N6O2. The first kappa shape index (κ1) is 26.3. The van der Waals surface area contributed by atoms with Crippen LogP contribution < -0.4 is 11.0 Å². The van der Waals surface area contributed by atoms with Crippen molar-refractivity contribution in [3.63, 3.8) is 0 Å². The van der Waals surface area contributed by atoms with Crippen molar-refractivity contribution in [1.82, 2.24) is 24.8 Å². The molecule has 1 aliphatic rings. The van der Waals surface area contributed by atoms with Gasteiger partial charge in [-0.1, -0.05) is 57.2 Å². The number of fused-ring (bicyclic) bond motifs is 1. The van der Waals surface area contributed by atoms with Crippen LogP contribution in [0.3, 0.4) is 0 Å². The Morgan fingerprint density at radius 1 is 1.00 bits per heavy atom. The SMILES string of the molecule is C[C@@H](n1c(=O)[nH]c2ccc(C3=N[C@@](Cc4ccccc4)(c4cnc(C(F)(F)F)nc4)NC3=O)cc21)C(C)(C)C. The van der Waals surface area contributed by atoms with E-state index in [4.69, 9.17) is 4.99 Å². The molecule has 0 fully saturated rings. The van der Waals surface area contributed by atoms with Crippen LogP contribution in [0.25, 0.3) is 11.0 Å². The van der Waals surface area contributed by atoms with E-state index in [9.17, 15) is 22.8 Å². The first-order valence-corrected chi connectivity index (χ1v) is 12.4. The number of carbonyl (C=O) groups is 1. The van der Waals surface area contributed by atoms with Crippen LogP contribution in [0.1, 0.15) is 56.3 Å². The van der Waals surface area contributed by atoms with Crippen LogP contribution >= 0.6 is 0 Å². The molecule has 5 rings (SSSR count). The monoisotopic (exact) mass is 536 g/mol. The normalized spacial score (nSPS) is 18.7. The predicted octanol–water partition coefficient (Wildman–Crippen LogP) is 4.76. The summed E-state index contributed by atoms with van der Waals surface area (Å²) in [6.07, 6.45) is -2.45. The fraction of sp³-hybridized carbons (Fsp3) is 0.321. The van der Waals surface area contributed by atoms with Crippen LogP contribution in [0, 0.1) is 5.41 Å². The van der Waals surface area contributed by atoms with Crippen molar-refractivity contribution in [2.75, 3.05) is 0 Å². The van der Waals surface area contributed by atoms with E-state index in [-0.39, 0.29) is 34.8 Å². The van der Waals surface area contributed by atoms with Gasteiger partial charge in [-0.25, -0.2) is 19.8 Å². The number of aromatic amines is 1. The lowest BCUT2D eigenvalue weighted by molar-refractivity contribution is -0.145. The highest BCUT2D eigenvalue weighted by atomic mass is 19.4. The zero-order chi connectivity index (χ0) is 28.2. The second kappa shape index (κ2) is 9.18. The average molecular weight is 537 g/mol. The summed E-state index contributed by atoms with van der Waals surface area (Å²) >= 11 is 0. The molecule has 202 valence electrons. The number of imidazole rings is 1. The molecule has 8 nitrogen and oxygen atoms in total. The van der Waals surface area contributed by atoms with Crippen molar-refractivity contribution in [2.24, 2.45) is 10.4 Å². The van der Waals surface area contributed by atoms with Crippen LogP contribution in [-0.2, 0) is 23.1 Å². The third kappa shape index (κ3) is 4.84. The molecule has 1 aliphatic heterocycles. The number of nitrogens with zero attached hydrogens (tertiary/aromatic N) is 4. The number of alkyl halides is 3. The van der Waals surface area contributed by atoms with E-state index in [1.807, 2.05) is 58.0 Å². The van der Waals surface area contributed by atoms with Gasteiger partial charge in [0.1, 0.15) is 5.71 Å². The number of hydrogen-bond acceptors (Lipinski definition) is 5. The number of amides is 1. The fourth-order valence-corrected chi connectivity index (χ4v) is 4.65. The molecule has 0 bridgehead atoms. The number of aliphatic imine (C=N–C) groups is 1. The summed E-state index contributed by atoms with van der Waals surface area (Å²) in [6, 6.07) is 14.1. The van der Waals surface area contributed by atoms with Crippen molar-refractivity contribution < 1.29 is 18.0 Å². The third-order valence-corrected chi connectivity index (χ3v) is 7.16. The zero-order valence-corrected chi connectivity index (χ0v) is 21.8. The minimum Gasteiger partial charge on any atom is -0.322 e. The molecule has 0 saturated heterocycles. The lowest BCUT2D eigenvalue weighted by Gasteiger charge is -2.28. The second-order valence-corrected chi connectivity index (χ2v) is 10.8. The standard InChI is InChI=1S/C28H27F3N6O2/c1-16(26(2,3)4)37-21-12-18(10-11-20(21)34-25(37)39)22-23(38)36-27(35-22,13-17-8-6-5-7-9-17)19-14-32-24(33-15-19)28(29,30)31/h5-12,14-16H,13H2,1-4H3,(H,34,39)(H,36,38)/t16-,27-/m1/s1. The Hall–Kier alpha value is -4.28. The number of halogens is 3. The van der Waals surface area contributed by atoms with Crippen molar-refractivity contribution >= 4 is 22.7 Å². The smallest absolute Gasteiger partial charge is 0.322 e. The summed E-state index contributed by atoms with van der Waals surface area (Å²) in [5.41, 5.74) is 0.906. The Kier molecular flexibility index (Phi) is 6.20.